The van der Waals surface area contributed by atoms with Gasteiger partial charge in [-0.15, -0.1) is 0 Å². The number of aliphatic hydroxyl groups is 2. The maximum atomic E-state index is 12.9. The summed E-state index contributed by atoms with van der Waals surface area (Å²) in [5.74, 6) is -1.61. The van der Waals surface area contributed by atoms with Crippen molar-refractivity contribution in [3.05, 3.63) is 40.4 Å². The number of benzene rings is 1. The first-order valence-corrected chi connectivity index (χ1v) is 11.6. The number of ether oxygens (including phenoxy) is 3. The smallest absolute Gasteiger partial charge is 0.342 e. The highest BCUT2D eigenvalue weighted by Gasteiger charge is 2.26. The van der Waals surface area contributed by atoms with Crippen LogP contribution >= 0.6 is 11.6 Å². The van der Waals surface area contributed by atoms with Crippen molar-refractivity contribution in [1.82, 2.24) is 4.90 Å². The molecule has 1 aromatic rings. The predicted molar refractivity (Wildman–Crippen MR) is 125 cm³/mol. The summed E-state index contributed by atoms with van der Waals surface area (Å²) in [4.78, 5) is 27.0. The van der Waals surface area contributed by atoms with Crippen LogP contribution in [0.4, 0.5) is 0 Å². The van der Waals surface area contributed by atoms with Crippen LogP contribution < -0.4 is 4.74 Å². The average Bonchev–Trinajstić information content (AvgIpc) is 2.81. The van der Waals surface area contributed by atoms with E-state index >= 15 is 0 Å². The van der Waals surface area contributed by atoms with Gasteiger partial charge in [0.1, 0.15) is 35.9 Å². The maximum absolute atomic E-state index is 12.9. The number of phenolic OH excluding ortho intramolecular Hbond substituents is 1. The van der Waals surface area contributed by atoms with Crippen molar-refractivity contribution < 1.29 is 39.1 Å². The van der Waals surface area contributed by atoms with E-state index in [0.717, 1.165) is 19.2 Å². The topological polar surface area (TPSA) is 126 Å². The zero-order valence-electron chi connectivity index (χ0n) is 19.0. The first-order chi connectivity index (χ1) is 16.3. The molecule has 10 heteroatoms. The number of rotatable bonds is 4. The second-order valence-corrected chi connectivity index (χ2v) is 8.58. The number of fused-ring (bicyclic) bond motifs is 1. The minimum Gasteiger partial charge on any atom is -0.507 e. The Hall–Kier alpha value is -2.43. The molecule has 0 bridgehead atoms. The summed E-state index contributed by atoms with van der Waals surface area (Å²) in [7, 11) is 0. The first kappa shape index (κ1) is 26.2. The van der Waals surface area contributed by atoms with Crippen LogP contribution in [0.3, 0.4) is 0 Å². The molecule has 3 atom stereocenters. The number of carbonyl (C=O) groups excluding carboxylic acids is 2. The summed E-state index contributed by atoms with van der Waals surface area (Å²) in [5, 5.41) is 30.9. The van der Waals surface area contributed by atoms with Gasteiger partial charge in [0.2, 0.25) is 0 Å². The minimum atomic E-state index is -1.60. The lowest BCUT2D eigenvalue weighted by molar-refractivity contribution is -0.127. The van der Waals surface area contributed by atoms with E-state index in [-0.39, 0.29) is 40.5 Å². The van der Waals surface area contributed by atoms with Gasteiger partial charge in [0, 0.05) is 37.7 Å². The molecule has 1 aromatic carbocycles. The average molecular weight is 496 g/mol. The molecule has 3 N–H and O–H groups in total. The maximum Gasteiger partial charge on any atom is 0.342 e. The molecule has 0 radical (unpaired) electrons. The Morgan fingerprint density at radius 1 is 1.15 bits per heavy atom. The molecule has 0 amide bonds. The third-order valence-electron chi connectivity index (χ3n) is 5.60. The van der Waals surface area contributed by atoms with Gasteiger partial charge in [-0.25, -0.2) is 4.79 Å². The van der Waals surface area contributed by atoms with Crippen molar-refractivity contribution in [2.45, 2.75) is 38.1 Å². The fourth-order valence-corrected chi connectivity index (χ4v) is 3.90. The summed E-state index contributed by atoms with van der Waals surface area (Å²) < 4.78 is 16.5. The lowest BCUT2D eigenvalue weighted by Gasteiger charge is -2.26. The molecule has 9 nitrogen and oxygen atoms in total. The Morgan fingerprint density at radius 3 is 2.59 bits per heavy atom. The Kier molecular flexibility index (Phi) is 9.49. The fraction of sp³-hybridized carbons (Fsp3) is 0.500. The van der Waals surface area contributed by atoms with Crippen molar-refractivity contribution in [2.24, 2.45) is 0 Å². The van der Waals surface area contributed by atoms with Crippen molar-refractivity contribution >= 4 is 29.4 Å². The normalized spacial score (nSPS) is 26.8. The second-order valence-electron chi connectivity index (χ2n) is 8.21. The van der Waals surface area contributed by atoms with Crippen LogP contribution in [0.2, 0.25) is 5.02 Å². The van der Waals surface area contributed by atoms with Gasteiger partial charge in [-0.3, -0.25) is 9.69 Å². The molecule has 0 aliphatic carbocycles. The lowest BCUT2D eigenvalue weighted by Crippen LogP contribution is -2.38. The molecule has 34 heavy (non-hydrogen) atoms. The number of carbonyl (C=O) groups is 2. The van der Waals surface area contributed by atoms with E-state index in [1.165, 1.54) is 24.3 Å². The summed E-state index contributed by atoms with van der Waals surface area (Å²) in [6.45, 7) is 5.49. The van der Waals surface area contributed by atoms with Gasteiger partial charge < -0.3 is 29.5 Å². The highest BCUT2D eigenvalue weighted by Crippen LogP contribution is 2.38. The molecule has 0 saturated carbocycles. The minimum absolute atomic E-state index is 0.0914. The van der Waals surface area contributed by atoms with E-state index in [1.807, 2.05) is 0 Å². The Balaban J connectivity index is 1.88. The molecule has 2 heterocycles. The molecular weight excluding hydrogens is 466 g/mol. The second kappa shape index (κ2) is 12.3. The van der Waals surface area contributed by atoms with Crippen molar-refractivity contribution in [2.75, 3.05) is 39.5 Å². The molecule has 0 aromatic heterocycles. The van der Waals surface area contributed by atoms with Crippen molar-refractivity contribution in [1.29, 1.82) is 0 Å². The number of ketones is 1. The van der Waals surface area contributed by atoms with Gasteiger partial charge in [-0.1, -0.05) is 29.8 Å². The fourth-order valence-electron chi connectivity index (χ4n) is 3.63. The summed E-state index contributed by atoms with van der Waals surface area (Å²) >= 11 is 6.56. The van der Waals surface area contributed by atoms with E-state index in [9.17, 15) is 24.9 Å². The SMILES string of the molecule is C[C@H]1C/C=C\C(=O)[C@@H](O)[C@@H](O)C/C=C/c2c(Cl)c(OCCN3CCOCC3)cc(O)c2C(=O)O1. The van der Waals surface area contributed by atoms with Crippen molar-refractivity contribution in [3.63, 3.8) is 0 Å². The molecule has 0 unspecified atom stereocenters. The zero-order valence-corrected chi connectivity index (χ0v) is 19.7. The highest BCUT2D eigenvalue weighted by atomic mass is 35.5. The molecule has 2 aliphatic rings. The number of hydrogen-bond donors (Lipinski definition) is 3. The Bertz CT molecular complexity index is 941. The van der Waals surface area contributed by atoms with E-state index in [0.29, 0.717) is 26.4 Å². The van der Waals surface area contributed by atoms with E-state index < -0.39 is 30.1 Å². The van der Waals surface area contributed by atoms with Gasteiger partial charge >= 0.3 is 5.97 Å². The molecule has 0 spiro atoms. The van der Waals surface area contributed by atoms with Gasteiger partial charge in [0.25, 0.3) is 0 Å². The monoisotopic (exact) mass is 495 g/mol. The number of hydrogen-bond acceptors (Lipinski definition) is 9. The third kappa shape index (κ3) is 6.80. The van der Waals surface area contributed by atoms with E-state index in [2.05, 4.69) is 4.90 Å². The van der Waals surface area contributed by atoms with Crippen LogP contribution in [0.5, 0.6) is 11.5 Å². The van der Waals surface area contributed by atoms with Crippen LogP contribution in [0.25, 0.3) is 6.08 Å². The number of morpholine rings is 1. The number of nitrogens with zero attached hydrogens (tertiary/aromatic N) is 1. The predicted octanol–water partition coefficient (Wildman–Crippen LogP) is 1.96. The number of halogens is 1. The zero-order chi connectivity index (χ0) is 24.7. The van der Waals surface area contributed by atoms with Gasteiger partial charge in [-0.05, 0) is 19.4 Å². The summed E-state index contributed by atoms with van der Waals surface area (Å²) in [6, 6.07) is 1.28. The van der Waals surface area contributed by atoms with Gasteiger partial charge in [0.15, 0.2) is 5.78 Å². The number of cyclic esters (lactones) is 1. The van der Waals surface area contributed by atoms with Crippen LogP contribution in [0, 0.1) is 0 Å². The first-order valence-electron chi connectivity index (χ1n) is 11.2. The van der Waals surface area contributed by atoms with Gasteiger partial charge in [0.05, 0.1) is 24.3 Å². The molecule has 1 saturated heterocycles. The van der Waals surface area contributed by atoms with Crippen LogP contribution in [-0.2, 0) is 14.3 Å². The quantitative estimate of drug-likeness (QED) is 0.537. The Labute approximate surface area is 203 Å². The molecule has 1 fully saturated rings. The standard InChI is InChI=1S/C24H30ClNO8/c1-15-4-2-6-17(27)23(30)18(28)7-3-5-16-21(24(31)34-15)19(29)14-20(22(16)25)33-13-10-26-8-11-32-12-9-26/h2-3,5-6,14-15,18,23,28-30H,4,7-13H2,1H3/b5-3+,6-2-/t15-,18-,23+/m0/s1. The largest absolute Gasteiger partial charge is 0.507 e. The molecule has 2 aliphatic heterocycles. The Morgan fingerprint density at radius 2 is 1.85 bits per heavy atom. The number of aromatic hydroxyl groups is 1. The number of esters is 1. The number of phenols is 1. The lowest BCUT2D eigenvalue weighted by atomic mass is 10.0. The van der Waals surface area contributed by atoms with E-state index in [1.54, 1.807) is 6.92 Å². The summed E-state index contributed by atoms with van der Waals surface area (Å²) in [6.07, 6.45) is 2.02. The van der Waals surface area contributed by atoms with Crippen LogP contribution in [-0.4, -0.2) is 89.7 Å². The number of aliphatic hydroxyl groups excluding tert-OH is 2. The molecule has 3 rings (SSSR count). The molecule has 186 valence electrons. The van der Waals surface area contributed by atoms with Crippen molar-refractivity contribution in [3.8, 4) is 11.5 Å². The third-order valence-corrected chi connectivity index (χ3v) is 5.99. The summed E-state index contributed by atoms with van der Waals surface area (Å²) in [5.41, 5.74) is 0.0154. The highest BCUT2D eigenvalue weighted by molar-refractivity contribution is 6.34. The molecular formula is C24H30ClNO8. The van der Waals surface area contributed by atoms with Gasteiger partial charge in [-0.2, -0.15) is 0 Å². The van der Waals surface area contributed by atoms with E-state index in [4.69, 9.17) is 25.8 Å². The van der Waals surface area contributed by atoms with Crippen LogP contribution in [0.15, 0.2) is 24.3 Å². The van der Waals surface area contributed by atoms with Crippen LogP contribution in [0.1, 0.15) is 35.7 Å².